The van der Waals surface area contributed by atoms with E-state index in [1.165, 1.54) is 12.3 Å². The molecule has 1 amide bonds. The number of halogens is 2. The van der Waals surface area contributed by atoms with Gasteiger partial charge in [0, 0.05) is 16.3 Å². The van der Waals surface area contributed by atoms with Crippen LogP contribution >= 0.6 is 23.2 Å². The standard InChI is InChI=1S/C19H11Cl2N3O3/c20-12-5-8-14(15(21)10-12)17(25)22-13-6-3-11(4-7-13)18-23-24-19(27-18)16-2-1-9-26-16/h1-10H,(H,22,25). The van der Waals surface area contributed by atoms with Crippen LogP contribution in [-0.4, -0.2) is 16.1 Å². The first-order valence-electron chi connectivity index (χ1n) is 7.84. The van der Waals surface area contributed by atoms with Crippen molar-refractivity contribution in [3.63, 3.8) is 0 Å². The summed E-state index contributed by atoms with van der Waals surface area (Å²) in [5.41, 5.74) is 1.65. The molecule has 0 aliphatic heterocycles. The Morgan fingerprint density at radius 2 is 1.74 bits per heavy atom. The molecule has 0 radical (unpaired) electrons. The molecule has 0 atom stereocenters. The Hall–Kier alpha value is -3.09. The van der Waals surface area contributed by atoms with Crippen LogP contribution < -0.4 is 5.32 Å². The van der Waals surface area contributed by atoms with E-state index >= 15 is 0 Å². The quantitative estimate of drug-likeness (QED) is 0.485. The van der Waals surface area contributed by atoms with E-state index in [0.717, 1.165) is 0 Å². The number of carbonyl (C=O) groups is 1. The van der Waals surface area contributed by atoms with Gasteiger partial charge in [-0.1, -0.05) is 23.2 Å². The molecule has 6 nitrogen and oxygen atoms in total. The number of carbonyl (C=O) groups excluding carboxylic acids is 1. The SMILES string of the molecule is O=C(Nc1ccc(-c2nnc(-c3ccco3)o2)cc1)c1ccc(Cl)cc1Cl. The van der Waals surface area contributed by atoms with Crippen LogP contribution in [0.4, 0.5) is 5.69 Å². The number of amides is 1. The van der Waals surface area contributed by atoms with E-state index in [9.17, 15) is 4.79 Å². The Morgan fingerprint density at radius 1 is 0.963 bits per heavy atom. The number of hydrogen-bond donors (Lipinski definition) is 1. The molecule has 4 rings (SSSR count). The Balaban J connectivity index is 1.50. The molecule has 0 aliphatic rings. The average molecular weight is 400 g/mol. The Bertz CT molecular complexity index is 1090. The van der Waals surface area contributed by atoms with Gasteiger partial charge in [0.15, 0.2) is 5.76 Å². The van der Waals surface area contributed by atoms with Crippen molar-refractivity contribution in [2.24, 2.45) is 0 Å². The van der Waals surface area contributed by atoms with E-state index in [0.29, 0.717) is 39.4 Å². The normalized spacial score (nSPS) is 10.7. The monoisotopic (exact) mass is 399 g/mol. The highest BCUT2D eigenvalue weighted by molar-refractivity contribution is 6.37. The topological polar surface area (TPSA) is 81.2 Å². The second kappa shape index (κ2) is 7.26. The molecule has 1 N–H and O–H groups in total. The van der Waals surface area contributed by atoms with E-state index < -0.39 is 0 Å². The molecular weight excluding hydrogens is 389 g/mol. The Morgan fingerprint density at radius 3 is 2.44 bits per heavy atom. The maximum absolute atomic E-state index is 12.3. The molecular formula is C19H11Cl2N3O3. The fourth-order valence-electron chi connectivity index (χ4n) is 2.41. The molecule has 2 aromatic heterocycles. The summed E-state index contributed by atoms with van der Waals surface area (Å²) in [6.07, 6.45) is 1.53. The van der Waals surface area contributed by atoms with Crippen LogP contribution in [0.3, 0.4) is 0 Å². The van der Waals surface area contributed by atoms with Crippen molar-refractivity contribution in [2.75, 3.05) is 5.32 Å². The van der Waals surface area contributed by atoms with E-state index in [4.69, 9.17) is 32.0 Å². The van der Waals surface area contributed by atoms with Gasteiger partial charge in [0.2, 0.25) is 5.89 Å². The minimum absolute atomic E-state index is 0.285. The average Bonchev–Trinajstić information content (AvgIpc) is 3.34. The van der Waals surface area contributed by atoms with Gasteiger partial charge in [-0.3, -0.25) is 4.79 Å². The molecule has 0 saturated carbocycles. The number of aromatic nitrogens is 2. The van der Waals surface area contributed by atoms with E-state index in [-0.39, 0.29) is 10.9 Å². The van der Waals surface area contributed by atoms with Gasteiger partial charge in [0.25, 0.3) is 11.8 Å². The Labute approximate surface area is 163 Å². The Kier molecular flexibility index (Phi) is 4.66. The minimum atomic E-state index is -0.331. The zero-order valence-corrected chi connectivity index (χ0v) is 15.2. The molecule has 4 aromatic rings. The van der Waals surface area contributed by atoms with Crippen LogP contribution in [0.1, 0.15) is 10.4 Å². The largest absolute Gasteiger partial charge is 0.459 e. The lowest BCUT2D eigenvalue weighted by atomic mass is 10.2. The summed E-state index contributed by atoms with van der Waals surface area (Å²) in [5, 5.41) is 11.5. The maximum atomic E-state index is 12.3. The van der Waals surface area contributed by atoms with Gasteiger partial charge in [0.1, 0.15) is 0 Å². The van der Waals surface area contributed by atoms with Crippen molar-refractivity contribution in [3.05, 3.63) is 76.5 Å². The van der Waals surface area contributed by atoms with Gasteiger partial charge in [-0.2, -0.15) is 0 Å². The van der Waals surface area contributed by atoms with Crippen molar-refractivity contribution >= 4 is 34.8 Å². The van der Waals surface area contributed by atoms with E-state index in [1.54, 1.807) is 48.5 Å². The molecule has 2 aromatic carbocycles. The van der Waals surface area contributed by atoms with Gasteiger partial charge in [0.05, 0.1) is 16.8 Å². The number of nitrogens with one attached hydrogen (secondary N) is 1. The number of nitrogens with zero attached hydrogens (tertiary/aromatic N) is 2. The van der Waals surface area contributed by atoms with Gasteiger partial charge in [-0.05, 0) is 54.6 Å². The predicted molar refractivity (Wildman–Crippen MR) is 102 cm³/mol. The number of hydrogen-bond acceptors (Lipinski definition) is 5. The van der Waals surface area contributed by atoms with Crippen LogP contribution in [-0.2, 0) is 0 Å². The van der Waals surface area contributed by atoms with Crippen LogP contribution in [0.2, 0.25) is 10.0 Å². The first-order valence-corrected chi connectivity index (χ1v) is 8.60. The lowest BCUT2D eigenvalue weighted by Gasteiger charge is -2.07. The van der Waals surface area contributed by atoms with Crippen molar-refractivity contribution in [1.82, 2.24) is 10.2 Å². The highest BCUT2D eigenvalue weighted by Crippen LogP contribution is 2.26. The summed E-state index contributed by atoms with van der Waals surface area (Å²) in [6.45, 7) is 0. The fraction of sp³-hybridized carbons (Fsp3) is 0. The van der Waals surface area contributed by atoms with Crippen LogP contribution in [0.25, 0.3) is 23.1 Å². The zero-order chi connectivity index (χ0) is 18.8. The highest BCUT2D eigenvalue weighted by atomic mass is 35.5. The summed E-state index contributed by atoms with van der Waals surface area (Å²) < 4.78 is 10.8. The smallest absolute Gasteiger partial charge is 0.283 e. The van der Waals surface area contributed by atoms with Crippen LogP contribution in [0.5, 0.6) is 0 Å². The first kappa shape index (κ1) is 17.3. The molecule has 0 spiro atoms. The number of anilines is 1. The fourth-order valence-corrected chi connectivity index (χ4v) is 2.90. The maximum Gasteiger partial charge on any atom is 0.283 e. The highest BCUT2D eigenvalue weighted by Gasteiger charge is 2.14. The molecule has 0 saturated heterocycles. The number of rotatable bonds is 4. The predicted octanol–water partition coefficient (Wildman–Crippen LogP) is 5.56. The second-order valence-electron chi connectivity index (χ2n) is 5.55. The lowest BCUT2D eigenvalue weighted by molar-refractivity contribution is 0.102. The van der Waals surface area contributed by atoms with Gasteiger partial charge >= 0.3 is 0 Å². The van der Waals surface area contributed by atoms with Crippen molar-refractivity contribution in [3.8, 4) is 23.1 Å². The summed E-state index contributed by atoms with van der Waals surface area (Å²) in [5.74, 6) is 0.810. The van der Waals surface area contributed by atoms with Crippen LogP contribution in [0.15, 0.2) is 69.7 Å². The zero-order valence-electron chi connectivity index (χ0n) is 13.6. The molecule has 2 heterocycles. The molecule has 8 heteroatoms. The third-order valence-electron chi connectivity index (χ3n) is 3.72. The summed E-state index contributed by atoms with van der Waals surface area (Å²) in [7, 11) is 0. The molecule has 27 heavy (non-hydrogen) atoms. The lowest BCUT2D eigenvalue weighted by Crippen LogP contribution is -2.12. The third kappa shape index (κ3) is 3.72. The molecule has 0 unspecified atom stereocenters. The molecule has 0 fully saturated rings. The number of furan rings is 1. The summed E-state index contributed by atoms with van der Waals surface area (Å²) in [6, 6.07) is 15.2. The number of benzene rings is 2. The summed E-state index contributed by atoms with van der Waals surface area (Å²) in [4.78, 5) is 12.3. The molecule has 0 bridgehead atoms. The van der Waals surface area contributed by atoms with Crippen molar-refractivity contribution in [2.45, 2.75) is 0 Å². The van der Waals surface area contributed by atoms with Gasteiger partial charge in [-0.15, -0.1) is 10.2 Å². The van der Waals surface area contributed by atoms with E-state index in [1.807, 2.05) is 0 Å². The molecule has 134 valence electrons. The van der Waals surface area contributed by atoms with Crippen LogP contribution in [0, 0.1) is 0 Å². The van der Waals surface area contributed by atoms with Crippen molar-refractivity contribution in [1.29, 1.82) is 0 Å². The van der Waals surface area contributed by atoms with Gasteiger partial charge in [-0.25, -0.2) is 0 Å². The third-order valence-corrected chi connectivity index (χ3v) is 4.27. The second-order valence-corrected chi connectivity index (χ2v) is 6.39. The van der Waals surface area contributed by atoms with E-state index in [2.05, 4.69) is 15.5 Å². The minimum Gasteiger partial charge on any atom is -0.459 e. The molecule has 0 aliphatic carbocycles. The summed E-state index contributed by atoms with van der Waals surface area (Å²) >= 11 is 11.9. The first-order chi connectivity index (χ1) is 13.1. The van der Waals surface area contributed by atoms with Crippen molar-refractivity contribution < 1.29 is 13.6 Å². The van der Waals surface area contributed by atoms with Gasteiger partial charge < -0.3 is 14.2 Å².